The van der Waals surface area contributed by atoms with Gasteiger partial charge in [-0.3, -0.25) is 33.7 Å². The summed E-state index contributed by atoms with van der Waals surface area (Å²) in [6.45, 7) is 6.64. The molecule has 4 aliphatic rings. The third-order valence-corrected chi connectivity index (χ3v) is 12.4. The summed E-state index contributed by atoms with van der Waals surface area (Å²) in [6.07, 6.45) is 9.96. The second kappa shape index (κ2) is 15.5. The summed E-state index contributed by atoms with van der Waals surface area (Å²) in [5.41, 5.74) is 2.08. The number of anilines is 2. The summed E-state index contributed by atoms with van der Waals surface area (Å²) < 4.78 is 40.1. The maximum atomic E-state index is 15.7. The molecule has 0 unspecified atom stereocenters. The number of fused-ring (bicyclic) bond motifs is 2. The number of ether oxygens (including phenoxy) is 1. The Morgan fingerprint density at radius 3 is 2.49 bits per heavy atom. The number of urea groups is 1. The van der Waals surface area contributed by atoms with Gasteiger partial charge in [-0.1, -0.05) is 0 Å². The SMILES string of the molecule is CC(C)Oc1nc2nc([C@H]3CC[C@H](CN4CCC(c5cc6c(cc5F)c(N5CCC(=O)NC5=O)nn6C)CC4)CC3)cn2cc1C(=O)Nc1cccn([C@H]2C[C@H]2F)c1=O. The van der Waals surface area contributed by atoms with E-state index < -0.39 is 29.7 Å². The Kier molecular flexibility index (Phi) is 10.2. The third-order valence-electron chi connectivity index (χ3n) is 12.4. The third kappa shape index (κ3) is 7.67. The van der Waals surface area contributed by atoms with Crippen LogP contribution in [0.4, 0.5) is 25.1 Å². The number of carbonyl (C=O) groups excluding carboxylic acids is 3. The standard InChI is InChI=1S/C42H48F2N10O5/c1-23(2)59-39-29(38(56)45-32-5-4-13-53(40(32)57)35-19-31(35)44)21-52-22-33(46-41(52)48-39)26-8-6-24(7-9-26)20-51-14-10-25(11-15-51)27-18-34-28(17-30(27)43)37(49-50(34)3)54-16-12-36(55)47-42(54)58/h4-5,13,17-18,21-26,31,35H,6-12,14-16,19-20H2,1-3H3,(H,45,56)(H,47,55,58)/t24-,26-,31-,35+/m1/s1. The number of imide groups is 1. The number of likely N-dealkylation sites (tertiary alicyclic amines) is 1. The monoisotopic (exact) mass is 810 g/mol. The van der Waals surface area contributed by atoms with Gasteiger partial charge in [0.05, 0.1) is 23.4 Å². The summed E-state index contributed by atoms with van der Waals surface area (Å²) >= 11 is 0. The van der Waals surface area contributed by atoms with Crippen molar-refractivity contribution in [3.63, 3.8) is 0 Å². The topological polar surface area (TPSA) is 161 Å². The number of hydrogen-bond acceptors (Lipinski definition) is 9. The Labute approximate surface area is 338 Å². The van der Waals surface area contributed by atoms with Gasteiger partial charge in [-0.2, -0.15) is 10.1 Å². The van der Waals surface area contributed by atoms with Gasteiger partial charge in [-0.05, 0) is 107 Å². The molecule has 2 aliphatic heterocycles. The van der Waals surface area contributed by atoms with Gasteiger partial charge in [-0.25, -0.2) is 18.6 Å². The number of aromatic nitrogens is 6. The van der Waals surface area contributed by atoms with E-state index in [0.29, 0.717) is 28.5 Å². The first-order chi connectivity index (χ1) is 28.4. The van der Waals surface area contributed by atoms with Crippen LogP contribution in [-0.4, -0.2) is 89.9 Å². The lowest BCUT2D eigenvalue weighted by Crippen LogP contribution is -2.49. The summed E-state index contributed by atoms with van der Waals surface area (Å²) in [5, 5.41) is 10.1. The van der Waals surface area contributed by atoms with Crippen molar-refractivity contribution < 1.29 is 27.9 Å². The Balaban J connectivity index is 0.816. The van der Waals surface area contributed by atoms with Crippen molar-refractivity contribution in [1.29, 1.82) is 0 Å². The van der Waals surface area contributed by atoms with Gasteiger partial charge >= 0.3 is 6.03 Å². The number of carbonyl (C=O) groups is 3. The molecule has 1 aromatic carbocycles. The molecule has 9 rings (SSSR count). The lowest BCUT2D eigenvalue weighted by atomic mass is 9.80. The summed E-state index contributed by atoms with van der Waals surface area (Å²) in [4.78, 5) is 64.2. The van der Waals surface area contributed by atoms with Gasteiger partial charge in [0, 0.05) is 62.9 Å². The molecule has 0 bridgehead atoms. The van der Waals surface area contributed by atoms with Crippen LogP contribution in [0.25, 0.3) is 16.7 Å². The molecule has 2 saturated carbocycles. The Morgan fingerprint density at radius 1 is 1.02 bits per heavy atom. The predicted molar refractivity (Wildman–Crippen MR) is 215 cm³/mol. The van der Waals surface area contributed by atoms with Crippen molar-refractivity contribution in [3.8, 4) is 5.88 Å². The van der Waals surface area contributed by atoms with E-state index in [-0.39, 0.29) is 66.2 Å². The van der Waals surface area contributed by atoms with Crippen molar-refractivity contribution in [2.24, 2.45) is 13.0 Å². The molecule has 0 spiro atoms. The van der Waals surface area contributed by atoms with E-state index in [1.807, 2.05) is 26.1 Å². The molecule has 17 heteroatoms. The number of alkyl halides is 1. The molecule has 4 fully saturated rings. The van der Waals surface area contributed by atoms with Crippen LogP contribution in [-0.2, 0) is 11.8 Å². The average Bonchev–Trinajstić information content (AvgIpc) is 3.64. The number of nitrogens with zero attached hydrogens (tertiary/aromatic N) is 8. The fraction of sp³-hybridized carbons (Fsp3) is 0.500. The molecule has 2 N–H and O–H groups in total. The fourth-order valence-corrected chi connectivity index (χ4v) is 9.07. The van der Waals surface area contributed by atoms with Crippen molar-refractivity contribution in [2.45, 2.75) is 95.4 Å². The number of hydrogen-bond donors (Lipinski definition) is 2. The zero-order valence-corrected chi connectivity index (χ0v) is 33.4. The lowest BCUT2D eigenvalue weighted by molar-refractivity contribution is -0.120. The number of aryl methyl sites for hydroxylation is 1. The van der Waals surface area contributed by atoms with E-state index in [1.165, 1.54) is 27.8 Å². The largest absolute Gasteiger partial charge is 0.474 e. The van der Waals surface area contributed by atoms with Gasteiger partial charge in [0.2, 0.25) is 17.6 Å². The lowest BCUT2D eigenvalue weighted by Gasteiger charge is -2.36. The number of pyridine rings is 1. The summed E-state index contributed by atoms with van der Waals surface area (Å²) in [6, 6.07) is 5.43. The minimum absolute atomic E-state index is 0.0540. The van der Waals surface area contributed by atoms with Gasteiger partial charge in [0.15, 0.2) is 5.82 Å². The van der Waals surface area contributed by atoms with E-state index >= 15 is 4.39 Å². The van der Waals surface area contributed by atoms with Crippen molar-refractivity contribution in [2.75, 3.05) is 36.4 Å². The molecule has 310 valence electrons. The molecule has 6 heterocycles. The van der Waals surface area contributed by atoms with Crippen LogP contribution in [0.5, 0.6) is 5.88 Å². The van der Waals surface area contributed by atoms with Crippen LogP contribution in [0, 0.1) is 11.7 Å². The smallest absolute Gasteiger partial charge is 0.329 e. The Bertz CT molecular complexity index is 2520. The highest BCUT2D eigenvalue weighted by Gasteiger charge is 2.40. The number of halogens is 2. The van der Waals surface area contributed by atoms with Gasteiger partial charge in [-0.15, -0.1) is 0 Å². The van der Waals surface area contributed by atoms with Crippen LogP contribution in [0.15, 0.2) is 47.7 Å². The summed E-state index contributed by atoms with van der Waals surface area (Å²) in [7, 11) is 1.78. The van der Waals surface area contributed by atoms with Crippen LogP contribution in [0.1, 0.15) is 105 Å². The minimum atomic E-state index is -1.06. The molecule has 0 radical (unpaired) electrons. The second-order valence-electron chi connectivity index (χ2n) is 16.8. The van der Waals surface area contributed by atoms with E-state index in [4.69, 9.17) is 9.72 Å². The van der Waals surface area contributed by atoms with Crippen LogP contribution in [0.2, 0.25) is 0 Å². The highest BCUT2D eigenvalue weighted by Crippen LogP contribution is 2.40. The number of benzene rings is 1. The first-order valence-corrected chi connectivity index (χ1v) is 20.6. The number of nitrogens with one attached hydrogen (secondary N) is 2. The zero-order valence-electron chi connectivity index (χ0n) is 33.4. The maximum Gasteiger partial charge on any atom is 0.329 e. The second-order valence-corrected chi connectivity index (χ2v) is 16.8. The highest BCUT2D eigenvalue weighted by molar-refractivity contribution is 6.09. The van der Waals surface area contributed by atoms with Crippen molar-refractivity contribution in [1.82, 2.24) is 38.9 Å². The maximum absolute atomic E-state index is 15.7. The molecule has 4 aromatic heterocycles. The van der Waals surface area contributed by atoms with Gasteiger partial charge < -0.3 is 19.5 Å². The quantitative estimate of drug-likeness (QED) is 0.177. The number of amides is 4. The molecule has 2 atom stereocenters. The highest BCUT2D eigenvalue weighted by atomic mass is 19.1. The first kappa shape index (κ1) is 38.8. The number of imidazole rings is 1. The van der Waals surface area contributed by atoms with Gasteiger partial charge in [0.25, 0.3) is 11.5 Å². The molecular weight excluding hydrogens is 763 g/mol. The Morgan fingerprint density at radius 2 is 1.78 bits per heavy atom. The normalized spacial score (nSPS) is 23.0. The van der Waals surface area contributed by atoms with E-state index in [9.17, 15) is 23.6 Å². The molecule has 2 saturated heterocycles. The molecule has 15 nitrogen and oxygen atoms in total. The molecular formula is C42H48F2N10O5. The first-order valence-electron chi connectivity index (χ1n) is 20.6. The average molecular weight is 811 g/mol. The van der Waals surface area contributed by atoms with E-state index in [2.05, 4.69) is 25.6 Å². The van der Waals surface area contributed by atoms with E-state index in [0.717, 1.165) is 69.4 Å². The van der Waals surface area contributed by atoms with E-state index in [1.54, 1.807) is 28.4 Å². The predicted octanol–water partition coefficient (Wildman–Crippen LogP) is 5.84. The van der Waals surface area contributed by atoms with Gasteiger partial charge in [0.1, 0.15) is 23.2 Å². The summed E-state index contributed by atoms with van der Waals surface area (Å²) in [5.74, 6) is 0.570. The molecule has 5 aromatic rings. The molecule has 59 heavy (non-hydrogen) atoms. The molecule has 2 aliphatic carbocycles. The Hall–Kier alpha value is -5.71. The van der Waals surface area contributed by atoms with Crippen molar-refractivity contribution in [3.05, 3.63) is 75.8 Å². The van der Waals surface area contributed by atoms with Crippen molar-refractivity contribution >= 4 is 46.0 Å². The van der Waals surface area contributed by atoms with Crippen LogP contribution in [0.3, 0.4) is 0 Å². The molecule has 4 amide bonds. The minimum Gasteiger partial charge on any atom is -0.474 e. The number of rotatable bonds is 10. The van der Waals surface area contributed by atoms with Crippen LogP contribution >= 0.6 is 0 Å². The van der Waals surface area contributed by atoms with Crippen LogP contribution < -0.4 is 25.8 Å². The fourth-order valence-electron chi connectivity index (χ4n) is 9.07. The number of piperidine rings is 1. The zero-order chi connectivity index (χ0) is 41.1.